The van der Waals surface area contributed by atoms with E-state index in [0.717, 1.165) is 11.1 Å². The van der Waals surface area contributed by atoms with Crippen LogP contribution in [0.25, 0.3) is 0 Å². The van der Waals surface area contributed by atoms with Crippen molar-refractivity contribution in [2.45, 2.75) is 37.1 Å². The van der Waals surface area contributed by atoms with Gasteiger partial charge in [-0.2, -0.15) is 0 Å². The largest absolute Gasteiger partial charge is 0.487 e. The first-order valence-corrected chi connectivity index (χ1v) is 9.08. The third kappa shape index (κ3) is 3.31. The molecule has 2 aliphatic rings. The summed E-state index contributed by atoms with van der Waals surface area (Å²) in [6.45, 7) is 0.459. The molecule has 5 atom stereocenters. The molecule has 0 bridgehead atoms. The lowest BCUT2D eigenvalue weighted by Crippen LogP contribution is -2.56. The third-order valence-electron chi connectivity index (χ3n) is 5.57. The molecular formula is C21H22FNO4. The maximum absolute atomic E-state index is 13.1. The van der Waals surface area contributed by atoms with Crippen LogP contribution in [0.3, 0.4) is 0 Å². The van der Waals surface area contributed by atoms with Gasteiger partial charge in [0, 0.05) is 24.1 Å². The molecule has 0 spiro atoms. The average molecular weight is 371 g/mol. The first kappa shape index (κ1) is 17.9. The Kier molecular flexibility index (Phi) is 4.85. The Morgan fingerprint density at radius 1 is 1.26 bits per heavy atom. The summed E-state index contributed by atoms with van der Waals surface area (Å²) in [7, 11) is 1.38. The van der Waals surface area contributed by atoms with Crippen molar-refractivity contribution in [1.29, 1.82) is 0 Å². The number of nitrogens with one attached hydrogen (secondary N) is 1. The molecule has 0 aromatic heterocycles. The predicted octanol–water partition coefficient (Wildman–Crippen LogP) is 2.38. The lowest BCUT2D eigenvalue weighted by atomic mass is 9.71. The molecule has 4 rings (SSSR count). The first-order valence-electron chi connectivity index (χ1n) is 9.08. The third-order valence-corrected chi connectivity index (χ3v) is 5.57. The number of carbonyl (C=O) groups excluding carboxylic acids is 1. The molecule has 1 aliphatic heterocycles. The topological polar surface area (TPSA) is 67.8 Å². The lowest BCUT2D eigenvalue weighted by Gasteiger charge is -2.40. The van der Waals surface area contributed by atoms with E-state index >= 15 is 0 Å². The Bertz CT molecular complexity index is 825. The van der Waals surface area contributed by atoms with E-state index in [2.05, 4.69) is 5.32 Å². The fourth-order valence-corrected chi connectivity index (χ4v) is 4.23. The number of rotatable bonds is 4. The van der Waals surface area contributed by atoms with Crippen molar-refractivity contribution >= 4 is 5.97 Å². The van der Waals surface area contributed by atoms with Crippen LogP contribution in [0.2, 0.25) is 0 Å². The summed E-state index contributed by atoms with van der Waals surface area (Å²) in [5.74, 6) is -0.516. The van der Waals surface area contributed by atoms with Gasteiger partial charge in [-0.25, -0.2) is 4.39 Å². The SMILES string of the molecule is COC(=O)C1C[C@@H](NCc2ccc(F)cc2)[C@H](O)[C@H]2Oc3ccccc3[C@@H]12. The van der Waals surface area contributed by atoms with Crippen LogP contribution in [0.5, 0.6) is 5.75 Å². The Labute approximate surface area is 157 Å². The minimum atomic E-state index is -0.774. The molecule has 0 amide bonds. The second kappa shape index (κ2) is 7.29. The van der Waals surface area contributed by atoms with Gasteiger partial charge in [0.1, 0.15) is 23.8 Å². The van der Waals surface area contributed by atoms with Crippen LogP contribution in [0.15, 0.2) is 48.5 Å². The van der Waals surface area contributed by atoms with Crippen LogP contribution in [-0.4, -0.2) is 36.4 Å². The van der Waals surface area contributed by atoms with E-state index in [1.807, 2.05) is 24.3 Å². The Morgan fingerprint density at radius 2 is 2.00 bits per heavy atom. The number of carbonyl (C=O) groups is 1. The molecule has 1 saturated carbocycles. The van der Waals surface area contributed by atoms with E-state index in [1.54, 1.807) is 12.1 Å². The summed E-state index contributed by atoms with van der Waals surface area (Å²) in [6, 6.07) is 13.4. The standard InChI is InChI=1S/C21H22FNO4/c1-26-21(25)15-10-16(23-11-12-6-8-13(22)9-7-12)19(24)20-18(15)14-4-2-3-5-17(14)27-20/h2-9,15-16,18-20,23-24H,10-11H2,1H3/t15?,16-,18+,19+,20+/m1/s1. The van der Waals surface area contributed by atoms with Crippen molar-refractivity contribution in [3.63, 3.8) is 0 Å². The van der Waals surface area contributed by atoms with E-state index in [1.165, 1.54) is 19.2 Å². The number of aliphatic hydroxyl groups is 1. The fraction of sp³-hybridized carbons (Fsp3) is 0.381. The quantitative estimate of drug-likeness (QED) is 0.808. The highest BCUT2D eigenvalue weighted by Gasteiger charge is 2.53. The summed E-state index contributed by atoms with van der Waals surface area (Å²) in [5.41, 5.74) is 1.84. The zero-order chi connectivity index (χ0) is 19.0. The number of para-hydroxylation sites is 1. The molecular weight excluding hydrogens is 349 g/mol. The minimum absolute atomic E-state index is 0.229. The Morgan fingerprint density at radius 3 is 2.74 bits per heavy atom. The monoisotopic (exact) mass is 371 g/mol. The van der Waals surface area contributed by atoms with Crippen molar-refractivity contribution < 1.29 is 23.8 Å². The van der Waals surface area contributed by atoms with E-state index in [-0.39, 0.29) is 23.7 Å². The van der Waals surface area contributed by atoms with Gasteiger partial charge in [-0.05, 0) is 30.2 Å². The molecule has 142 valence electrons. The van der Waals surface area contributed by atoms with Gasteiger partial charge in [0.15, 0.2) is 0 Å². The highest BCUT2D eigenvalue weighted by Crippen LogP contribution is 2.48. The lowest BCUT2D eigenvalue weighted by molar-refractivity contribution is -0.151. The summed E-state index contributed by atoms with van der Waals surface area (Å²) >= 11 is 0. The molecule has 0 saturated heterocycles. The predicted molar refractivity (Wildman–Crippen MR) is 96.8 cm³/mol. The minimum Gasteiger partial charge on any atom is -0.487 e. The van der Waals surface area contributed by atoms with Crippen LogP contribution in [0.4, 0.5) is 4.39 Å². The number of hydrogen-bond acceptors (Lipinski definition) is 5. The Hall–Kier alpha value is -2.44. The zero-order valence-electron chi connectivity index (χ0n) is 15.0. The van der Waals surface area contributed by atoms with Gasteiger partial charge in [0.25, 0.3) is 0 Å². The molecule has 1 heterocycles. The molecule has 1 aliphatic carbocycles. The van der Waals surface area contributed by atoms with E-state index in [4.69, 9.17) is 9.47 Å². The summed E-state index contributed by atoms with van der Waals surface area (Å²) in [6.07, 6.45) is -0.844. The van der Waals surface area contributed by atoms with Gasteiger partial charge in [0.2, 0.25) is 0 Å². The summed E-state index contributed by atoms with van der Waals surface area (Å²) in [4.78, 5) is 12.5. The molecule has 2 aromatic carbocycles. The van der Waals surface area contributed by atoms with Gasteiger partial charge in [-0.15, -0.1) is 0 Å². The highest BCUT2D eigenvalue weighted by atomic mass is 19.1. The second-order valence-corrected chi connectivity index (χ2v) is 7.12. The second-order valence-electron chi connectivity index (χ2n) is 7.12. The normalized spacial score (nSPS) is 28.8. The van der Waals surface area contributed by atoms with Crippen LogP contribution in [-0.2, 0) is 16.1 Å². The fourth-order valence-electron chi connectivity index (χ4n) is 4.23. The molecule has 0 radical (unpaired) electrons. The van der Waals surface area contributed by atoms with Gasteiger partial charge >= 0.3 is 5.97 Å². The van der Waals surface area contributed by atoms with Gasteiger partial charge in [0.05, 0.1) is 13.0 Å². The van der Waals surface area contributed by atoms with E-state index < -0.39 is 18.1 Å². The van der Waals surface area contributed by atoms with Crippen molar-refractivity contribution in [3.8, 4) is 5.75 Å². The van der Waals surface area contributed by atoms with Crippen LogP contribution in [0.1, 0.15) is 23.5 Å². The number of methoxy groups -OCH3 is 1. The summed E-state index contributed by atoms with van der Waals surface area (Å²) < 4.78 is 24.1. The summed E-state index contributed by atoms with van der Waals surface area (Å²) in [5, 5.41) is 14.2. The number of halogens is 1. The Balaban J connectivity index is 1.55. The number of ether oxygens (including phenoxy) is 2. The van der Waals surface area contributed by atoms with Crippen molar-refractivity contribution in [1.82, 2.24) is 5.32 Å². The van der Waals surface area contributed by atoms with Crippen molar-refractivity contribution in [2.75, 3.05) is 7.11 Å². The number of benzene rings is 2. The average Bonchev–Trinajstić information content (AvgIpc) is 3.08. The highest BCUT2D eigenvalue weighted by molar-refractivity contribution is 5.75. The maximum atomic E-state index is 13.1. The van der Waals surface area contributed by atoms with Crippen LogP contribution < -0.4 is 10.1 Å². The van der Waals surface area contributed by atoms with Gasteiger partial charge < -0.3 is 19.9 Å². The molecule has 1 unspecified atom stereocenters. The number of fused-ring (bicyclic) bond motifs is 3. The zero-order valence-corrected chi connectivity index (χ0v) is 15.0. The van der Waals surface area contributed by atoms with E-state index in [9.17, 15) is 14.3 Å². The molecule has 27 heavy (non-hydrogen) atoms. The van der Waals surface area contributed by atoms with Crippen LogP contribution in [0, 0.1) is 11.7 Å². The molecule has 6 heteroatoms. The van der Waals surface area contributed by atoms with Crippen molar-refractivity contribution in [2.24, 2.45) is 5.92 Å². The maximum Gasteiger partial charge on any atom is 0.309 e. The van der Waals surface area contributed by atoms with E-state index in [0.29, 0.717) is 18.7 Å². The molecule has 5 nitrogen and oxygen atoms in total. The number of hydrogen-bond donors (Lipinski definition) is 2. The molecule has 1 fully saturated rings. The first-order chi connectivity index (χ1) is 13.1. The smallest absolute Gasteiger partial charge is 0.309 e. The number of esters is 1. The molecule has 2 aromatic rings. The van der Waals surface area contributed by atoms with Gasteiger partial charge in [-0.1, -0.05) is 30.3 Å². The van der Waals surface area contributed by atoms with Crippen molar-refractivity contribution in [3.05, 3.63) is 65.5 Å². The molecule has 2 N–H and O–H groups in total. The van der Waals surface area contributed by atoms with Gasteiger partial charge in [-0.3, -0.25) is 4.79 Å². The van der Waals surface area contributed by atoms with Crippen LogP contribution >= 0.6 is 0 Å². The number of aliphatic hydroxyl groups excluding tert-OH is 1.